The molecule has 2 N–H and O–H groups in total. The molecule has 0 aliphatic carbocycles. The summed E-state index contributed by atoms with van der Waals surface area (Å²) in [5.74, 6) is -0.798. The third-order valence-corrected chi connectivity index (χ3v) is 3.22. The van der Waals surface area contributed by atoms with Gasteiger partial charge < -0.3 is 15.3 Å². The third-order valence-electron chi connectivity index (χ3n) is 2.26. The molecule has 7 heteroatoms. The number of carbonyl (C=O) groups excluding carboxylic acids is 1. The summed E-state index contributed by atoms with van der Waals surface area (Å²) in [6.07, 6.45) is 0. The quantitative estimate of drug-likeness (QED) is 0.833. The normalized spacial score (nSPS) is 10.5. The van der Waals surface area contributed by atoms with Gasteiger partial charge in [0, 0.05) is 17.6 Å². The minimum Gasteiger partial charge on any atom is -0.480 e. The fraction of sp³-hybridized carbons (Fsp3) is 0.583. The summed E-state index contributed by atoms with van der Waals surface area (Å²) in [7, 11) is 0. The van der Waals surface area contributed by atoms with E-state index < -0.39 is 5.97 Å². The lowest BCUT2D eigenvalue weighted by atomic mass is 10.2. The van der Waals surface area contributed by atoms with Crippen LogP contribution in [0.15, 0.2) is 5.38 Å². The summed E-state index contributed by atoms with van der Waals surface area (Å²) >= 11 is 1.47. The van der Waals surface area contributed by atoms with Crippen molar-refractivity contribution in [1.29, 1.82) is 0 Å². The molecule has 0 saturated heterocycles. The number of hydrogen-bond donors (Lipinski definition) is 2. The minimum absolute atomic E-state index is 0.215. The number of thiazole rings is 1. The van der Waals surface area contributed by atoms with Crippen molar-refractivity contribution in [3.05, 3.63) is 16.1 Å². The zero-order valence-corrected chi connectivity index (χ0v) is 12.2. The number of nitrogens with zero attached hydrogens (tertiary/aromatic N) is 2. The molecule has 0 radical (unpaired) electrons. The van der Waals surface area contributed by atoms with Crippen LogP contribution in [0, 0.1) is 12.8 Å². The van der Waals surface area contributed by atoms with Crippen LogP contribution in [0.2, 0.25) is 0 Å². The van der Waals surface area contributed by atoms with E-state index in [1.54, 1.807) is 0 Å². The summed E-state index contributed by atoms with van der Waals surface area (Å²) in [5.41, 5.74) is 0.916. The van der Waals surface area contributed by atoms with E-state index in [4.69, 9.17) is 5.11 Å². The first-order valence-electron chi connectivity index (χ1n) is 6.04. The van der Waals surface area contributed by atoms with Crippen LogP contribution in [0.4, 0.5) is 4.79 Å². The van der Waals surface area contributed by atoms with Crippen molar-refractivity contribution in [2.75, 3.05) is 13.1 Å². The average molecular weight is 285 g/mol. The first kappa shape index (κ1) is 15.4. The van der Waals surface area contributed by atoms with Crippen molar-refractivity contribution in [3.8, 4) is 0 Å². The van der Waals surface area contributed by atoms with Crippen molar-refractivity contribution in [2.45, 2.75) is 27.3 Å². The SMILES string of the molecule is Cc1csc(CNC(=O)N(CC(=O)O)CC(C)C)n1. The molecule has 0 saturated carbocycles. The summed E-state index contributed by atoms with van der Waals surface area (Å²) in [6, 6.07) is -0.371. The van der Waals surface area contributed by atoms with Crippen molar-refractivity contribution in [1.82, 2.24) is 15.2 Å². The second-order valence-corrected chi connectivity index (χ2v) is 5.65. The first-order valence-corrected chi connectivity index (χ1v) is 6.92. The maximum atomic E-state index is 11.9. The van der Waals surface area contributed by atoms with E-state index in [-0.39, 0.29) is 18.5 Å². The maximum absolute atomic E-state index is 11.9. The van der Waals surface area contributed by atoms with Crippen molar-refractivity contribution in [3.63, 3.8) is 0 Å². The number of nitrogens with one attached hydrogen (secondary N) is 1. The lowest BCUT2D eigenvalue weighted by Crippen LogP contribution is -2.44. The molecule has 19 heavy (non-hydrogen) atoms. The van der Waals surface area contributed by atoms with Gasteiger partial charge in [0.1, 0.15) is 11.6 Å². The summed E-state index contributed by atoms with van der Waals surface area (Å²) < 4.78 is 0. The highest BCUT2D eigenvalue weighted by Crippen LogP contribution is 2.08. The predicted octanol–water partition coefficient (Wildman–Crippen LogP) is 1.70. The van der Waals surface area contributed by atoms with Gasteiger partial charge in [-0.05, 0) is 12.8 Å². The van der Waals surface area contributed by atoms with E-state index in [1.165, 1.54) is 16.2 Å². The molecule has 1 rings (SSSR count). The van der Waals surface area contributed by atoms with E-state index >= 15 is 0 Å². The Morgan fingerprint density at radius 1 is 1.53 bits per heavy atom. The van der Waals surface area contributed by atoms with Crippen molar-refractivity contribution < 1.29 is 14.7 Å². The molecule has 1 aromatic heterocycles. The minimum atomic E-state index is -1.01. The number of carbonyl (C=O) groups is 2. The molecular formula is C12H19N3O3S. The monoisotopic (exact) mass is 285 g/mol. The van der Waals surface area contributed by atoms with Gasteiger partial charge in [-0.2, -0.15) is 0 Å². The molecule has 0 unspecified atom stereocenters. The molecule has 106 valence electrons. The lowest BCUT2D eigenvalue weighted by Gasteiger charge is -2.22. The highest BCUT2D eigenvalue weighted by atomic mass is 32.1. The predicted molar refractivity (Wildman–Crippen MR) is 73.1 cm³/mol. The Morgan fingerprint density at radius 2 is 2.21 bits per heavy atom. The number of aryl methyl sites for hydroxylation is 1. The van der Waals surface area contributed by atoms with Crippen LogP contribution < -0.4 is 5.32 Å². The Balaban J connectivity index is 2.53. The topological polar surface area (TPSA) is 82.5 Å². The zero-order valence-electron chi connectivity index (χ0n) is 11.3. The number of amides is 2. The third kappa shape index (κ3) is 5.69. The summed E-state index contributed by atoms with van der Waals surface area (Å²) in [5, 5.41) is 14.2. The molecule has 1 aromatic rings. The molecule has 0 bridgehead atoms. The van der Waals surface area contributed by atoms with Crippen LogP contribution in [0.3, 0.4) is 0 Å². The van der Waals surface area contributed by atoms with E-state index in [2.05, 4.69) is 10.3 Å². The second kappa shape index (κ2) is 7.08. The van der Waals surface area contributed by atoms with Crippen LogP contribution >= 0.6 is 11.3 Å². The Bertz CT molecular complexity index is 445. The number of urea groups is 1. The Hall–Kier alpha value is -1.63. The van der Waals surface area contributed by atoms with Gasteiger partial charge in [0.05, 0.1) is 6.54 Å². The fourth-order valence-corrected chi connectivity index (χ4v) is 2.28. The number of carboxylic acid groups (broad SMARTS) is 1. The molecular weight excluding hydrogens is 266 g/mol. The fourth-order valence-electron chi connectivity index (χ4n) is 1.57. The van der Waals surface area contributed by atoms with Gasteiger partial charge in [0.2, 0.25) is 0 Å². The Kier molecular flexibility index (Phi) is 5.75. The molecule has 0 aliphatic rings. The van der Waals surface area contributed by atoms with Gasteiger partial charge in [-0.15, -0.1) is 11.3 Å². The molecule has 0 aliphatic heterocycles. The Morgan fingerprint density at radius 3 is 2.68 bits per heavy atom. The number of aliphatic carboxylic acids is 1. The molecule has 0 aromatic carbocycles. The first-order chi connectivity index (χ1) is 8.88. The summed E-state index contributed by atoms with van der Waals surface area (Å²) in [4.78, 5) is 28.2. The molecule has 0 fully saturated rings. The van der Waals surface area contributed by atoms with Gasteiger partial charge in [0.25, 0.3) is 0 Å². The molecule has 0 atom stereocenters. The van der Waals surface area contributed by atoms with E-state index in [0.29, 0.717) is 13.1 Å². The van der Waals surface area contributed by atoms with Crippen LogP contribution in [0.5, 0.6) is 0 Å². The number of rotatable bonds is 6. The van der Waals surface area contributed by atoms with Crippen LogP contribution in [0.25, 0.3) is 0 Å². The van der Waals surface area contributed by atoms with Gasteiger partial charge in [-0.3, -0.25) is 4.79 Å². The number of hydrogen-bond acceptors (Lipinski definition) is 4. The van der Waals surface area contributed by atoms with Gasteiger partial charge in [0.15, 0.2) is 0 Å². The highest BCUT2D eigenvalue weighted by molar-refractivity contribution is 7.09. The van der Waals surface area contributed by atoms with Crippen LogP contribution in [-0.4, -0.2) is 40.1 Å². The van der Waals surface area contributed by atoms with Crippen LogP contribution in [0.1, 0.15) is 24.5 Å². The number of carboxylic acids is 1. The Labute approximate surface area is 116 Å². The number of aromatic nitrogens is 1. The lowest BCUT2D eigenvalue weighted by molar-refractivity contribution is -0.137. The van der Waals surface area contributed by atoms with Gasteiger partial charge in [-0.1, -0.05) is 13.8 Å². The largest absolute Gasteiger partial charge is 0.480 e. The molecule has 0 spiro atoms. The summed E-state index contributed by atoms with van der Waals surface area (Å²) in [6.45, 7) is 6.21. The van der Waals surface area contributed by atoms with Gasteiger partial charge in [-0.25, -0.2) is 9.78 Å². The van der Waals surface area contributed by atoms with E-state index in [9.17, 15) is 9.59 Å². The van der Waals surface area contributed by atoms with Gasteiger partial charge >= 0.3 is 12.0 Å². The molecule has 2 amide bonds. The maximum Gasteiger partial charge on any atom is 0.323 e. The van der Waals surface area contributed by atoms with Crippen molar-refractivity contribution >= 4 is 23.3 Å². The van der Waals surface area contributed by atoms with Crippen LogP contribution in [-0.2, 0) is 11.3 Å². The average Bonchev–Trinajstić information content (AvgIpc) is 2.70. The zero-order chi connectivity index (χ0) is 14.4. The highest BCUT2D eigenvalue weighted by Gasteiger charge is 2.17. The standard InChI is InChI=1S/C12H19N3O3S/c1-8(2)5-15(6-11(16)17)12(18)13-4-10-14-9(3)7-19-10/h7-8H,4-6H2,1-3H3,(H,13,18)(H,16,17). The van der Waals surface area contributed by atoms with E-state index in [1.807, 2.05) is 26.2 Å². The molecule has 6 nitrogen and oxygen atoms in total. The van der Waals surface area contributed by atoms with Crippen molar-refractivity contribution in [2.24, 2.45) is 5.92 Å². The van der Waals surface area contributed by atoms with E-state index in [0.717, 1.165) is 10.7 Å². The second-order valence-electron chi connectivity index (χ2n) is 4.71. The smallest absolute Gasteiger partial charge is 0.323 e. The molecule has 1 heterocycles.